The van der Waals surface area contributed by atoms with Gasteiger partial charge in [-0.3, -0.25) is 5.10 Å². The molecule has 0 radical (unpaired) electrons. The summed E-state index contributed by atoms with van der Waals surface area (Å²) in [5.74, 6) is 0.803. The summed E-state index contributed by atoms with van der Waals surface area (Å²) in [6, 6.07) is 13.3. The molecule has 3 heterocycles. The Hall–Kier alpha value is -2.73. The van der Waals surface area contributed by atoms with Gasteiger partial charge in [-0.1, -0.05) is 12.1 Å². The SMILES string of the molecule is Cc1nccc(-c2cccc(N3CCC(NCc4cc(C)[nH]n4)CC3)c2)n1. The van der Waals surface area contributed by atoms with Crippen LogP contribution in [0.1, 0.15) is 30.1 Å². The van der Waals surface area contributed by atoms with E-state index in [-0.39, 0.29) is 0 Å². The molecule has 4 rings (SSSR count). The van der Waals surface area contributed by atoms with Gasteiger partial charge in [0.15, 0.2) is 0 Å². The molecule has 0 bridgehead atoms. The predicted octanol–water partition coefficient (Wildman–Crippen LogP) is 3.24. The number of rotatable bonds is 5. The Labute approximate surface area is 160 Å². The van der Waals surface area contributed by atoms with Gasteiger partial charge >= 0.3 is 0 Å². The largest absolute Gasteiger partial charge is 0.371 e. The Balaban J connectivity index is 1.36. The molecule has 6 heteroatoms. The standard InChI is InChI=1S/C21H26N6/c1-15-12-19(26-25-15)14-23-18-7-10-27(11-8-18)20-5-3-4-17(13-20)21-6-9-22-16(2)24-21/h3-6,9,12-13,18,23H,7-8,10-11,14H2,1-2H3,(H,25,26). The Morgan fingerprint density at radius 3 is 2.74 bits per heavy atom. The van der Waals surface area contributed by atoms with Gasteiger partial charge in [0.05, 0.1) is 11.4 Å². The fraction of sp³-hybridized carbons (Fsp3) is 0.381. The van der Waals surface area contributed by atoms with Crippen molar-refractivity contribution in [2.24, 2.45) is 0 Å². The first-order chi connectivity index (χ1) is 13.2. The first-order valence-corrected chi connectivity index (χ1v) is 9.57. The van der Waals surface area contributed by atoms with Crippen LogP contribution in [-0.2, 0) is 6.54 Å². The van der Waals surface area contributed by atoms with Crippen molar-refractivity contribution in [3.8, 4) is 11.3 Å². The zero-order valence-electron chi connectivity index (χ0n) is 15.9. The molecule has 1 aliphatic heterocycles. The predicted molar refractivity (Wildman–Crippen MR) is 108 cm³/mol. The lowest BCUT2D eigenvalue weighted by atomic mass is 10.0. The van der Waals surface area contributed by atoms with Gasteiger partial charge in [-0.05, 0) is 51.0 Å². The second-order valence-corrected chi connectivity index (χ2v) is 7.22. The quantitative estimate of drug-likeness (QED) is 0.729. The highest BCUT2D eigenvalue weighted by molar-refractivity contribution is 5.65. The zero-order chi connectivity index (χ0) is 18.6. The smallest absolute Gasteiger partial charge is 0.125 e. The molecule has 1 aliphatic rings. The Kier molecular flexibility index (Phi) is 5.16. The molecule has 1 aromatic carbocycles. The van der Waals surface area contributed by atoms with Crippen LogP contribution in [-0.4, -0.2) is 39.3 Å². The second-order valence-electron chi connectivity index (χ2n) is 7.22. The number of anilines is 1. The molecular formula is C21H26N6. The number of hydrogen-bond acceptors (Lipinski definition) is 5. The molecule has 1 saturated heterocycles. The summed E-state index contributed by atoms with van der Waals surface area (Å²) in [6.45, 7) is 6.91. The van der Waals surface area contributed by atoms with Gasteiger partial charge in [0, 0.05) is 48.8 Å². The van der Waals surface area contributed by atoms with Gasteiger partial charge in [-0.15, -0.1) is 0 Å². The van der Waals surface area contributed by atoms with Crippen molar-refractivity contribution in [2.75, 3.05) is 18.0 Å². The lowest BCUT2D eigenvalue weighted by molar-refractivity contribution is 0.412. The van der Waals surface area contributed by atoms with Crippen molar-refractivity contribution >= 4 is 5.69 Å². The molecule has 1 fully saturated rings. The third-order valence-corrected chi connectivity index (χ3v) is 5.11. The normalized spacial score (nSPS) is 15.3. The van der Waals surface area contributed by atoms with E-state index in [1.54, 1.807) is 0 Å². The second kappa shape index (κ2) is 7.88. The topological polar surface area (TPSA) is 69.7 Å². The molecule has 0 saturated carbocycles. The zero-order valence-corrected chi connectivity index (χ0v) is 15.9. The highest BCUT2D eigenvalue weighted by atomic mass is 15.2. The minimum Gasteiger partial charge on any atom is -0.371 e. The third-order valence-electron chi connectivity index (χ3n) is 5.11. The summed E-state index contributed by atoms with van der Waals surface area (Å²) in [7, 11) is 0. The minimum atomic E-state index is 0.547. The highest BCUT2D eigenvalue weighted by Crippen LogP contribution is 2.25. The lowest BCUT2D eigenvalue weighted by Crippen LogP contribution is -2.42. The minimum absolute atomic E-state index is 0.547. The molecule has 2 N–H and O–H groups in total. The molecule has 0 amide bonds. The molecule has 0 unspecified atom stereocenters. The van der Waals surface area contributed by atoms with E-state index in [1.165, 1.54) is 5.69 Å². The first-order valence-electron chi connectivity index (χ1n) is 9.57. The number of aromatic nitrogens is 4. The maximum atomic E-state index is 4.55. The van der Waals surface area contributed by atoms with Crippen molar-refractivity contribution in [3.05, 3.63) is 59.8 Å². The van der Waals surface area contributed by atoms with Crippen LogP contribution in [0, 0.1) is 13.8 Å². The first kappa shape index (κ1) is 17.7. The maximum Gasteiger partial charge on any atom is 0.125 e. The Morgan fingerprint density at radius 1 is 1.15 bits per heavy atom. The Bertz CT molecular complexity index is 895. The monoisotopic (exact) mass is 362 g/mol. The molecule has 6 nitrogen and oxygen atoms in total. The number of piperidine rings is 1. The van der Waals surface area contributed by atoms with Gasteiger partial charge in [-0.25, -0.2) is 9.97 Å². The van der Waals surface area contributed by atoms with E-state index in [0.717, 1.165) is 60.9 Å². The average Bonchev–Trinajstić information content (AvgIpc) is 3.12. The molecule has 0 aliphatic carbocycles. The van der Waals surface area contributed by atoms with Crippen LogP contribution in [0.2, 0.25) is 0 Å². The van der Waals surface area contributed by atoms with Gasteiger partial charge in [0.2, 0.25) is 0 Å². The highest BCUT2D eigenvalue weighted by Gasteiger charge is 2.19. The van der Waals surface area contributed by atoms with Gasteiger partial charge in [0.25, 0.3) is 0 Å². The molecular weight excluding hydrogens is 336 g/mol. The van der Waals surface area contributed by atoms with E-state index in [1.807, 2.05) is 26.1 Å². The third kappa shape index (κ3) is 4.34. The van der Waals surface area contributed by atoms with E-state index >= 15 is 0 Å². The maximum absolute atomic E-state index is 4.55. The number of nitrogens with zero attached hydrogens (tertiary/aromatic N) is 4. The van der Waals surface area contributed by atoms with Crippen molar-refractivity contribution in [1.29, 1.82) is 0 Å². The van der Waals surface area contributed by atoms with E-state index in [0.29, 0.717) is 6.04 Å². The molecule has 27 heavy (non-hydrogen) atoms. The van der Waals surface area contributed by atoms with Gasteiger partial charge in [-0.2, -0.15) is 5.10 Å². The van der Waals surface area contributed by atoms with Crippen LogP contribution >= 0.6 is 0 Å². The summed E-state index contributed by atoms with van der Waals surface area (Å²) in [5, 5.41) is 10.9. The molecule has 2 aromatic heterocycles. The van der Waals surface area contributed by atoms with Crippen LogP contribution in [0.25, 0.3) is 11.3 Å². The number of benzene rings is 1. The Morgan fingerprint density at radius 2 is 2.00 bits per heavy atom. The molecule has 0 spiro atoms. The van der Waals surface area contributed by atoms with E-state index < -0.39 is 0 Å². The number of aryl methyl sites for hydroxylation is 2. The summed E-state index contributed by atoms with van der Waals surface area (Å²) in [6.07, 6.45) is 4.10. The van der Waals surface area contributed by atoms with Crippen molar-refractivity contribution in [3.63, 3.8) is 0 Å². The molecule has 3 aromatic rings. The fourth-order valence-corrected chi connectivity index (χ4v) is 3.63. The van der Waals surface area contributed by atoms with Gasteiger partial charge < -0.3 is 10.2 Å². The fourth-order valence-electron chi connectivity index (χ4n) is 3.63. The number of hydrogen-bond donors (Lipinski definition) is 2. The van der Waals surface area contributed by atoms with Crippen LogP contribution in [0.4, 0.5) is 5.69 Å². The van der Waals surface area contributed by atoms with Crippen LogP contribution in [0.3, 0.4) is 0 Å². The van der Waals surface area contributed by atoms with Crippen LogP contribution < -0.4 is 10.2 Å². The van der Waals surface area contributed by atoms with Crippen molar-refractivity contribution < 1.29 is 0 Å². The summed E-state index contributed by atoms with van der Waals surface area (Å²) in [4.78, 5) is 11.2. The van der Waals surface area contributed by atoms with Crippen molar-refractivity contribution in [1.82, 2.24) is 25.5 Å². The summed E-state index contributed by atoms with van der Waals surface area (Å²) < 4.78 is 0. The van der Waals surface area contributed by atoms with Crippen LogP contribution in [0.5, 0.6) is 0 Å². The molecule has 0 atom stereocenters. The molecule has 140 valence electrons. The van der Waals surface area contributed by atoms with Gasteiger partial charge in [0.1, 0.15) is 5.82 Å². The number of H-pyrrole nitrogens is 1. The number of aromatic amines is 1. The van der Waals surface area contributed by atoms with E-state index in [4.69, 9.17) is 0 Å². The number of nitrogens with one attached hydrogen (secondary N) is 2. The average molecular weight is 362 g/mol. The summed E-state index contributed by atoms with van der Waals surface area (Å²) >= 11 is 0. The van der Waals surface area contributed by atoms with E-state index in [9.17, 15) is 0 Å². The van der Waals surface area contributed by atoms with Crippen LogP contribution in [0.15, 0.2) is 42.6 Å². The summed E-state index contributed by atoms with van der Waals surface area (Å²) in [5.41, 5.74) is 5.59. The lowest BCUT2D eigenvalue weighted by Gasteiger charge is -2.34. The van der Waals surface area contributed by atoms with Crippen molar-refractivity contribution in [2.45, 2.75) is 39.3 Å². The van der Waals surface area contributed by atoms with E-state index in [2.05, 4.69) is 60.7 Å².